The molecule has 164 valence electrons. The molecule has 0 unspecified atom stereocenters. The predicted molar refractivity (Wildman–Crippen MR) is 127 cm³/mol. The summed E-state index contributed by atoms with van der Waals surface area (Å²) in [5, 5.41) is 24.4. The number of benzene rings is 1. The van der Waals surface area contributed by atoms with Crippen molar-refractivity contribution in [2.45, 2.75) is 32.1 Å². The number of hydrogen-bond acceptors (Lipinski definition) is 6. The minimum atomic E-state index is -0.490. The van der Waals surface area contributed by atoms with Crippen molar-refractivity contribution in [3.05, 3.63) is 97.6 Å². The van der Waals surface area contributed by atoms with Gasteiger partial charge in [-0.3, -0.25) is 19.8 Å². The number of Topliss-reactive ketones (excluding diaryl/α,β-unsaturated/α-hetero) is 1. The number of carbonyl (C=O) groups is 1. The zero-order valence-corrected chi connectivity index (χ0v) is 18.7. The highest BCUT2D eigenvalue weighted by molar-refractivity contribution is 7.10. The van der Waals surface area contributed by atoms with Crippen LogP contribution < -0.4 is 4.90 Å². The van der Waals surface area contributed by atoms with Gasteiger partial charge in [0.15, 0.2) is 5.78 Å². The second-order valence-electron chi connectivity index (χ2n) is 8.11. The fourth-order valence-electron chi connectivity index (χ4n) is 4.74. The van der Waals surface area contributed by atoms with Crippen LogP contribution in [-0.4, -0.2) is 15.3 Å². The van der Waals surface area contributed by atoms with Crippen LogP contribution in [0.2, 0.25) is 0 Å². The van der Waals surface area contributed by atoms with Crippen LogP contribution in [0, 0.1) is 28.4 Å². The molecule has 0 saturated heterocycles. The molecule has 2 aromatic heterocycles. The molecule has 0 radical (unpaired) electrons. The normalized spacial score (nSPS) is 18.4. The molecular formula is C25H20N4O3S. The van der Waals surface area contributed by atoms with Gasteiger partial charge in [0.2, 0.25) is 0 Å². The van der Waals surface area contributed by atoms with E-state index in [1.54, 1.807) is 17.9 Å². The minimum Gasteiger partial charge on any atom is -0.309 e. The van der Waals surface area contributed by atoms with Gasteiger partial charge in [0.1, 0.15) is 11.5 Å². The lowest BCUT2D eigenvalue weighted by Gasteiger charge is -2.40. The summed E-state index contributed by atoms with van der Waals surface area (Å²) in [5.74, 6) is 0.0333. The van der Waals surface area contributed by atoms with Gasteiger partial charge in [0.25, 0.3) is 5.69 Å². The highest BCUT2D eigenvalue weighted by Crippen LogP contribution is 2.50. The molecule has 1 aliphatic heterocycles. The number of allylic oxidation sites excluding steroid dienone is 3. The number of hydrogen-bond donors (Lipinski definition) is 0. The lowest BCUT2D eigenvalue weighted by molar-refractivity contribution is -0.384. The molecule has 7 nitrogen and oxygen atoms in total. The van der Waals surface area contributed by atoms with Crippen molar-refractivity contribution in [1.82, 2.24) is 4.57 Å². The van der Waals surface area contributed by atoms with Gasteiger partial charge in [-0.05, 0) is 55.0 Å². The van der Waals surface area contributed by atoms with Crippen LogP contribution in [0.1, 0.15) is 35.6 Å². The summed E-state index contributed by atoms with van der Waals surface area (Å²) in [6, 6.07) is 15.0. The fourth-order valence-corrected chi connectivity index (χ4v) is 5.58. The van der Waals surface area contributed by atoms with Crippen LogP contribution in [-0.2, 0) is 4.79 Å². The van der Waals surface area contributed by atoms with Gasteiger partial charge in [-0.15, -0.1) is 11.3 Å². The Morgan fingerprint density at radius 1 is 1.18 bits per heavy atom. The van der Waals surface area contributed by atoms with Crippen molar-refractivity contribution in [1.29, 1.82) is 5.26 Å². The molecule has 1 aromatic carbocycles. The third kappa shape index (κ3) is 3.38. The highest BCUT2D eigenvalue weighted by atomic mass is 32.1. The molecule has 0 bridgehead atoms. The molecule has 0 saturated carbocycles. The molecule has 0 fully saturated rings. The summed E-state index contributed by atoms with van der Waals surface area (Å²) in [6.45, 7) is 1.80. The second kappa shape index (κ2) is 8.19. The van der Waals surface area contributed by atoms with Crippen LogP contribution in [0.4, 0.5) is 11.4 Å². The average Bonchev–Trinajstić information content (AvgIpc) is 3.52. The Hall–Kier alpha value is -3.96. The first kappa shape index (κ1) is 20.9. The van der Waals surface area contributed by atoms with E-state index >= 15 is 0 Å². The maximum Gasteiger partial charge on any atom is 0.293 e. The van der Waals surface area contributed by atoms with E-state index in [-0.39, 0.29) is 11.5 Å². The van der Waals surface area contributed by atoms with Gasteiger partial charge >= 0.3 is 0 Å². The third-order valence-electron chi connectivity index (χ3n) is 6.09. The number of ketones is 1. The topological polar surface area (TPSA) is 92.2 Å². The van der Waals surface area contributed by atoms with Crippen molar-refractivity contribution in [2.75, 3.05) is 4.90 Å². The number of thiophene rings is 1. The molecule has 8 heteroatoms. The van der Waals surface area contributed by atoms with Gasteiger partial charge in [-0.25, -0.2) is 0 Å². The van der Waals surface area contributed by atoms with E-state index in [9.17, 15) is 20.2 Å². The second-order valence-corrected chi connectivity index (χ2v) is 9.09. The lowest BCUT2D eigenvalue weighted by atomic mass is 9.78. The zero-order valence-electron chi connectivity index (χ0n) is 17.9. The summed E-state index contributed by atoms with van der Waals surface area (Å²) in [6.07, 6.45) is 5.30. The smallest absolute Gasteiger partial charge is 0.293 e. The van der Waals surface area contributed by atoms with Gasteiger partial charge in [0, 0.05) is 41.0 Å². The standard InChI is InChI=1S/C25H20N4O3S/c1-16-9-10-18(20(14-16)29(31)32)28-19-6-4-7-21(30)24(19)23(22-8-5-13-33-22)17(15-26)25(28)27-11-2-3-12-27/h2-3,5,8-14,23H,4,6-7H2,1H3/t23-/m0/s1. The molecule has 3 heterocycles. The summed E-state index contributed by atoms with van der Waals surface area (Å²) in [7, 11) is 0. The zero-order chi connectivity index (χ0) is 23.1. The van der Waals surface area contributed by atoms with Gasteiger partial charge in [-0.1, -0.05) is 12.1 Å². The summed E-state index contributed by atoms with van der Waals surface area (Å²) < 4.78 is 1.81. The molecule has 0 amide bonds. The van der Waals surface area contributed by atoms with Crippen molar-refractivity contribution in [2.24, 2.45) is 0 Å². The molecule has 0 spiro atoms. The van der Waals surface area contributed by atoms with Crippen molar-refractivity contribution < 1.29 is 9.72 Å². The first-order valence-electron chi connectivity index (χ1n) is 10.6. The molecule has 3 aromatic rings. The van der Waals surface area contributed by atoms with Crippen LogP contribution in [0.5, 0.6) is 0 Å². The summed E-state index contributed by atoms with van der Waals surface area (Å²) in [4.78, 5) is 27.6. The molecule has 2 aliphatic rings. The summed E-state index contributed by atoms with van der Waals surface area (Å²) in [5.41, 5.74) is 2.77. The molecule has 5 rings (SSSR count). The Morgan fingerprint density at radius 3 is 2.64 bits per heavy atom. The van der Waals surface area contributed by atoms with E-state index in [1.165, 1.54) is 17.4 Å². The summed E-state index contributed by atoms with van der Waals surface area (Å²) >= 11 is 1.50. The van der Waals surface area contributed by atoms with Gasteiger partial charge in [0.05, 0.1) is 22.5 Å². The lowest BCUT2D eigenvalue weighted by Crippen LogP contribution is -2.36. The van der Waals surface area contributed by atoms with E-state index < -0.39 is 10.8 Å². The SMILES string of the molecule is Cc1ccc(N2C3=C(C(=O)CCC3)[C@H](c3cccs3)C(C#N)=C2n2cccc2)c([N+](=O)[O-])c1. The molecular weight excluding hydrogens is 436 g/mol. The Balaban J connectivity index is 1.88. The van der Waals surface area contributed by atoms with E-state index in [2.05, 4.69) is 6.07 Å². The van der Waals surface area contributed by atoms with Gasteiger partial charge < -0.3 is 4.57 Å². The van der Waals surface area contributed by atoms with Crippen LogP contribution in [0.3, 0.4) is 0 Å². The fraction of sp³-hybridized carbons (Fsp3) is 0.200. The number of anilines is 1. The Bertz CT molecular complexity index is 1360. The number of nitro groups is 1. The van der Waals surface area contributed by atoms with E-state index in [4.69, 9.17) is 0 Å². The minimum absolute atomic E-state index is 0.00581. The largest absolute Gasteiger partial charge is 0.309 e. The molecule has 33 heavy (non-hydrogen) atoms. The maximum atomic E-state index is 13.3. The molecule has 0 N–H and O–H groups in total. The Morgan fingerprint density at radius 2 is 1.97 bits per heavy atom. The predicted octanol–water partition coefficient (Wildman–Crippen LogP) is 5.77. The maximum absolute atomic E-state index is 13.3. The van der Waals surface area contributed by atoms with E-state index in [0.717, 1.165) is 16.1 Å². The van der Waals surface area contributed by atoms with E-state index in [0.29, 0.717) is 41.9 Å². The number of nitro benzene ring substituents is 1. The number of aryl methyl sites for hydroxylation is 1. The van der Waals surface area contributed by atoms with Crippen molar-refractivity contribution in [3.8, 4) is 6.07 Å². The number of rotatable bonds is 4. The van der Waals surface area contributed by atoms with E-state index in [1.807, 2.05) is 52.7 Å². The van der Waals surface area contributed by atoms with Gasteiger partial charge in [-0.2, -0.15) is 5.26 Å². The number of carbonyl (C=O) groups excluding carboxylic acids is 1. The quantitative estimate of drug-likeness (QED) is 0.367. The Kier molecular flexibility index (Phi) is 5.19. The number of nitriles is 1. The first-order chi connectivity index (χ1) is 16.0. The Labute approximate surface area is 194 Å². The monoisotopic (exact) mass is 456 g/mol. The highest BCUT2D eigenvalue weighted by Gasteiger charge is 2.43. The average molecular weight is 457 g/mol. The molecule has 1 aliphatic carbocycles. The number of nitrogens with zero attached hydrogens (tertiary/aromatic N) is 4. The van der Waals surface area contributed by atoms with Crippen LogP contribution in [0.15, 0.2) is 77.1 Å². The van der Waals surface area contributed by atoms with Crippen molar-refractivity contribution >= 4 is 34.3 Å². The van der Waals surface area contributed by atoms with Crippen LogP contribution in [0.25, 0.3) is 5.82 Å². The first-order valence-corrected chi connectivity index (χ1v) is 11.5. The van der Waals surface area contributed by atoms with Crippen molar-refractivity contribution in [3.63, 3.8) is 0 Å². The van der Waals surface area contributed by atoms with Crippen LogP contribution >= 0.6 is 11.3 Å². The molecule has 1 atom stereocenters. The third-order valence-corrected chi connectivity index (χ3v) is 7.03. The number of aromatic nitrogens is 1.